The van der Waals surface area contributed by atoms with E-state index in [1.54, 1.807) is 0 Å². The highest BCUT2D eigenvalue weighted by atomic mass is 16.7. The van der Waals surface area contributed by atoms with Gasteiger partial charge in [0, 0.05) is 24.3 Å². The van der Waals surface area contributed by atoms with E-state index in [0.717, 1.165) is 16.7 Å². The molecule has 2 aromatic rings. The lowest BCUT2D eigenvalue weighted by atomic mass is 10.1. The maximum atomic E-state index is 10.2. The van der Waals surface area contributed by atoms with E-state index in [2.05, 4.69) is 11.8 Å². The third kappa shape index (κ3) is 5.22. The van der Waals surface area contributed by atoms with Crippen molar-refractivity contribution in [2.24, 2.45) is 0 Å². The number of hydrogen-bond donors (Lipinski definition) is 1. The predicted molar refractivity (Wildman–Crippen MR) is 90.7 cm³/mol. The molecule has 2 aromatic carbocycles. The zero-order valence-electron chi connectivity index (χ0n) is 13.5. The third-order valence-electron chi connectivity index (χ3n) is 3.29. The summed E-state index contributed by atoms with van der Waals surface area (Å²) in [4.78, 5) is 0. The molecule has 0 aliphatic carbocycles. The predicted octanol–water partition coefficient (Wildman–Crippen LogP) is 3.84. The minimum atomic E-state index is -0.818. The van der Waals surface area contributed by atoms with Crippen molar-refractivity contribution in [1.82, 2.24) is 0 Å². The van der Waals surface area contributed by atoms with Crippen molar-refractivity contribution in [2.75, 3.05) is 13.2 Å². The summed E-state index contributed by atoms with van der Waals surface area (Å²) in [5.74, 6) is 5.83. The van der Waals surface area contributed by atoms with Crippen molar-refractivity contribution in [1.29, 1.82) is 0 Å². The van der Waals surface area contributed by atoms with Crippen LogP contribution in [0.2, 0.25) is 0 Å². The molecule has 120 valence electrons. The Morgan fingerprint density at radius 1 is 0.870 bits per heavy atom. The average Bonchev–Trinajstić information content (AvgIpc) is 2.60. The first kappa shape index (κ1) is 17.2. The molecule has 1 N–H and O–H groups in total. The van der Waals surface area contributed by atoms with E-state index in [1.807, 2.05) is 68.4 Å². The van der Waals surface area contributed by atoms with Gasteiger partial charge in [0.05, 0.1) is 0 Å². The second-order valence-corrected chi connectivity index (χ2v) is 4.95. The van der Waals surface area contributed by atoms with Crippen LogP contribution in [0.5, 0.6) is 0 Å². The fourth-order valence-electron chi connectivity index (χ4n) is 2.14. The van der Waals surface area contributed by atoms with Crippen LogP contribution < -0.4 is 0 Å². The van der Waals surface area contributed by atoms with Crippen molar-refractivity contribution in [3.8, 4) is 11.8 Å². The molecule has 3 nitrogen and oxygen atoms in total. The van der Waals surface area contributed by atoms with E-state index in [1.165, 1.54) is 0 Å². The van der Waals surface area contributed by atoms with Crippen LogP contribution in [0.1, 0.15) is 42.9 Å². The van der Waals surface area contributed by atoms with E-state index < -0.39 is 6.10 Å². The van der Waals surface area contributed by atoms with Crippen LogP contribution in [0.15, 0.2) is 54.6 Å². The maximum absolute atomic E-state index is 10.2. The molecule has 1 atom stereocenters. The zero-order chi connectivity index (χ0) is 16.5. The van der Waals surface area contributed by atoms with Gasteiger partial charge in [-0.25, -0.2) is 0 Å². The van der Waals surface area contributed by atoms with Crippen molar-refractivity contribution < 1.29 is 14.6 Å². The summed E-state index contributed by atoms with van der Waals surface area (Å²) in [6.45, 7) is 5.03. The molecule has 0 aliphatic rings. The van der Waals surface area contributed by atoms with Gasteiger partial charge in [-0.3, -0.25) is 0 Å². The van der Waals surface area contributed by atoms with Crippen LogP contribution in [0, 0.1) is 11.8 Å². The van der Waals surface area contributed by atoms with E-state index in [9.17, 15) is 5.11 Å². The zero-order valence-corrected chi connectivity index (χ0v) is 13.5. The van der Waals surface area contributed by atoms with Gasteiger partial charge in [0.15, 0.2) is 6.29 Å². The molecule has 0 bridgehead atoms. The molecule has 0 heterocycles. The molecule has 0 aliphatic heterocycles. The van der Waals surface area contributed by atoms with Crippen LogP contribution >= 0.6 is 0 Å². The molecule has 23 heavy (non-hydrogen) atoms. The highest BCUT2D eigenvalue weighted by Gasteiger charge is 2.12. The standard InChI is InChI=1S/C20H22O3/c1-3-22-20(23-4-2)18-13-11-17(12-14-18)19(21)15-10-16-8-6-5-7-9-16/h5-9,11-14,19-21H,3-4H2,1-2H3. The second-order valence-electron chi connectivity index (χ2n) is 4.95. The number of benzene rings is 2. The largest absolute Gasteiger partial charge is 0.376 e. The molecule has 0 saturated heterocycles. The fourth-order valence-corrected chi connectivity index (χ4v) is 2.14. The molecule has 0 radical (unpaired) electrons. The molecule has 0 fully saturated rings. The lowest BCUT2D eigenvalue weighted by Gasteiger charge is -2.17. The Kier molecular flexibility index (Phi) is 6.83. The number of aliphatic hydroxyl groups is 1. The Morgan fingerprint density at radius 2 is 1.43 bits per heavy atom. The van der Waals surface area contributed by atoms with Gasteiger partial charge >= 0.3 is 0 Å². The molecule has 1 unspecified atom stereocenters. The van der Waals surface area contributed by atoms with Crippen LogP contribution in [0.4, 0.5) is 0 Å². The van der Waals surface area contributed by atoms with Gasteiger partial charge < -0.3 is 14.6 Å². The van der Waals surface area contributed by atoms with Crippen LogP contribution in [0.3, 0.4) is 0 Å². The molecule has 0 saturated carbocycles. The quantitative estimate of drug-likeness (QED) is 0.651. The smallest absolute Gasteiger partial charge is 0.183 e. The Hall–Kier alpha value is -2.12. The number of rotatable bonds is 6. The van der Waals surface area contributed by atoms with Gasteiger partial charge in [-0.05, 0) is 31.5 Å². The van der Waals surface area contributed by atoms with Gasteiger partial charge in [0.1, 0.15) is 6.10 Å². The van der Waals surface area contributed by atoms with Crippen molar-refractivity contribution in [2.45, 2.75) is 26.2 Å². The van der Waals surface area contributed by atoms with Crippen LogP contribution in [-0.4, -0.2) is 18.3 Å². The highest BCUT2D eigenvalue weighted by molar-refractivity contribution is 5.37. The summed E-state index contributed by atoms with van der Waals surface area (Å²) >= 11 is 0. The first-order chi connectivity index (χ1) is 11.2. The summed E-state index contributed by atoms with van der Waals surface area (Å²) in [5, 5.41) is 10.2. The van der Waals surface area contributed by atoms with Crippen molar-refractivity contribution in [3.05, 3.63) is 71.3 Å². The Morgan fingerprint density at radius 3 is 2.00 bits per heavy atom. The van der Waals surface area contributed by atoms with E-state index >= 15 is 0 Å². The van der Waals surface area contributed by atoms with Crippen LogP contribution in [-0.2, 0) is 9.47 Å². The summed E-state index contributed by atoms with van der Waals surface area (Å²) < 4.78 is 11.1. The molecular weight excluding hydrogens is 288 g/mol. The maximum Gasteiger partial charge on any atom is 0.183 e. The average molecular weight is 310 g/mol. The normalized spacial score (nSPS) is 11.8. The number of ether oxygens (including phenoxy) is 2. The lowest BCUT2D eigenvalue weighted by Crippen LogP contribution is -2.09. The van der Waals surface area contributed by atoms with E-state index in [0.29, 0.717) is 13.2 Å². The molecule has 0 aromatic heterocycles. The van der Waals surface area contributed by atoms with Gasteiger partial charge in [0.25, 0.3) is 0 Å². The Balaban J connectivity index is 2.08. The minimum absolute atomic E-state index is 0.369. The van der Waals surface area contributed by atoms with E-state index in [-0.39, 0.29) is 6.29 Å². The molecule has 0 spiro atoms. The second kappa shape index (κ2) is 9.12. The fraction of sp³-hybridized carbons (Fsp3) is 0.300. The Bertz CT molecular complexity index is 632. The summed E-state index contributed by atoms with van der Waals surface area (Å²) in [6, 6.07) is 17.1. The third-order valence-corrected chi connectivity index (χ3v) is 3.29. The number of hydrogen-bond acceptors (Lipinski definition) is 3. The monoisotopic (exact) mass is 310 g/mol. The van der Waals surface area contributed by atoms with Crippen LogP contribution in [0.25, 0.3) is 0 Å². The first-order valence-electron chi connectivity index (χ1n) is 7.82. The summed E-state index contributed by atoms with van der Waals surface area (Å²) in [7, 11) is 0. The van der Waals surface area contributed by atoms with Gasteiger partial charge in [-0.2, -0.15) is 0 Å². The molecule has 2 rings (SSSR count). The molecule has 3 heteroatoms. The SMILES string of the molecule is CCOC(OCC)c1ccc(C(O)C#Cc2ccccc2)cc1. The first-order valence-corrected chi connectivity index (χ1v) is 7.82. The van der Waals surface area contributed by atoms with Crippen molar-refractivity contribution in [3.63, 3.8) is 0 Å². The van der Waals surface area contributed by atoms with Gasteiger partial charge in [0.2, 0.25) is 0 Å². The summed E-state index contributed by atoms with van der Waals surface area (Å²) in [6.07, 6.45) is -1.19. The number of aliphatic hydroxyl groups excluding tert-OH is 1. The van der Waals surface area contributed by atoms with E-state index in [4.69, 9.17) is 9.47 Å². The van der Waals surface area contributed by atoms with Gasteiger partial charge in [-0.1, -0.05) is 54.3 Å². The minimum Gasteiger partial charge on any atom is -0.376 e. The topological polar surface area (TPSA) is 38.7 Å². The highest BCUT2D eigenvalue weighted by Crippen LogP contribution is 2.21. The van der Waals surface area contributed by atoms with Gasteiger partial charge in [-0.15, -0.1) is 0 Å². The summed E-state index contributed by atoms with van der Waals surface area (Å²) in [5.41, 5.74) is 2.57. The molecular formula is C20H22O3. The Labute approximate surface area is 137 Å². The van der Waals surface area contributed by atoms with Crippen molar-refractivity contribution >= 4 is 0 Å². The lowest BCUT2D eigenvalue weighted by molar-refractivity contribution is -0.140. The molecule has 0 amide bonds.